The summed E-state index contributed by atoms with van der Waals surface area (Å²) in [5.41, 5.74) is 49.9. The number of hydrogen-bond donors (Lipinski definition) is 37. The fourth-order valence-corrected chi connectivity index (χ4v) is 10.4. The minimum atomic E-state index is -1.83. The number of primary amides is 1. The molecular formula is C57H98N38O15. The molecule has 2 saturated heterocycles. The Kier molecular flexibility index (Phi) is 36.4. The Hall–Kier alpha value is -14.2. The Balaban J connectivity index is 1.87. The summed E-state index contributed by atoms with van der Waals surface area (Å²) in [4.78, 5) is 194. The average molecular weight is 1560 g/mol. The van der Waals surface area contributed by atoms with Crippen molar-refractivity contribution in [1.29, 1.82) is 43.3 Å². The first kappa shape index (κ1) is 90.0. The maximum Gasteiger partial charge on any atom is 0.247 e. The van der Waals surface area contributed by atoms with Gasteiger partial charge in [0.05, 0.1) is 13.1 Å². The summed E-state index contributed by atoms with van der Waals surface area (Å²) in [5.74, 6) is -19.9. The second-order valence-electron chi connectivity index (χ2n) is 24.3. The lowest BCUT2D eigenvalue weighted by molar-refractivity contribution is -0.143. The van der Waals surface area contributed by atoms with Gasteiger partial charge in [-0.25, -0.2) is 0 Å². The van der Waals surface area contributed by atoms with E-state index in [0.29, 0.717) is 5.56 Å². The molecule has 0 radical (unpaired) electrons. The second-order valence-corrected chi connectivity index (χ2v) is 24.3. The lowest BCUT2D eigenvalue weighted by Gasteiger charge is -2.32. The topological polar surface area (TPSA) is 919 Å². The Morgan fingerprint density at radius 1 is 0.364 bits per heavy atom. The van der Waals surface area contributed by atoms with Gasteiger partial charge in [-0.05, 0) is 43.4 Å². The number of nitrogens with zero attached hydrogens (tertiary/aromatic N) is 2. The van der Waals surface area contributed by atoms with Gasteiger partial charge in [0.1, 0.15) is 72.2 Å². The van der Waals surface area contributed by atoms with Gasteiger partial charge in [-0.1, -0.05) is 12.1 Å². The molecule has 2 fully saturated rings. The third-order valence-electron chi connectivity index (χ3n) is 15.7. The fourth-order valence-electron chi connectivity index (χ4n) is 10.4. The first-order chi connectivity index (χ1) is 51.6. The number of phenolic OH excluding ortho intramolecular Hbond substituents is 1. The molecule has 2 aliphatic rings. The van der Waals surface area contributed by atoms with Crippen LogP contribution in [0.15, 0.2) is 24.3 Å². The molecule has 53 nitrogen and oxygen atoms in total. The maximum absolute atomic E-state index is 14.7. The van der Waals surface area contributed by atoms with Crippen molar-refractivity contribution in [3.63, 3.8) is 0 Å². The maximum atomic E-state index is 14.7. The van der Waals surface area contributed by atoms with E-state index in [2.05, 4.69) is 101 Å². The van der Waals surface area contributed by atoms with Crippen LogP contribution in [-0.4, -0.2) is 290 Å². The first-order valence-corrected chi connectivity index (χ1v) is 33.2. The van der Waals surface area contributed by atoms with E-state index in [1.165, 1.54) is 24.3 Å². The number of carbonyl (C=O) groups excluding carboxylic acids is 14. The minimum Gasteiger partial charge on any atom is -0.508 e. The molecule has 11 atom stereocenters. The molecule has 0 unspecified atom stereocenters. The highest BCUT2D eigenvalue weighted by molar-refractivity contribution is 6.01. The third-order valence-corrected chi connectivity index (χ3v) is 15.7. The van der Waals surface area contributed by atoms with Gasteiger partial charge >= 0.3 is 0 Å². The number of nitrogens with one attached hydrogen (secondary N) is 27. The number of hydrogen-bond acceptors (Lipinski definition) is 23. The van der Waals surface area contributed by atoms with Crippen LogP contribution in [0.3, 0.4) is 0 Å². The Morgan fingerprint density at radius 2 is 0.655 bits per heavy atom. The Morgan fingerprint density at radius 3 is 0.982 bits per heavy atom. The van der Waals surface area contributed by atoms with Gasteiger partial charge in [-0.2, -0.15) is 0 Å². The van der Waals surface area contributed by atoms with Gasteiger partial charge in [0, 0.05) is 78.8 Å². The normalized spacial score (nSPS) is 15.8. The molecule has 53 heteroatoms. The summed E-state index contributed by atoms with van der Waals surface area (Å²) < 4.78 is 0. The highest BCUT2D eigenvalue weighted by Gasteiger charge is 2.43. The van der Waals surface area contributed by atoms with Crippen LogP contribution in [0.2, 0.25) is 0 Å². The average Bonchev–Trinajstić information content (AvgIpc) is 1.63. The summed E-state index contributed by atoms with van der Waals surface area (Å²) in [6.45, 7) is -5.78. The van der Waals surface area contributed by atoms with Crippen molar-refractivity contribution in [3.8, 4) is 5.75 Å². The molecule has 2 aliphatic heterocycles. The fraction of sp³-hybridized carbons (Fsp3) is 0.509. The van der Waals surface area contributed by atoms with Crippen LogP contribution in [0, 0.1) is 43.3 Å². The number of aromatic hydroxyl groups is 1. The van der Waals surface area contributed by atoms with Crippen molar-refractivity contribution in [3.05, 3.63) is 29.8 Å². The molecule has 0 spiro atoms. The van der Waals surface area contributed by atoms with Crippen molar-refractivity contribution in [2.45, 2.75) is 105 Å². The van der Waals surface area contributed by atoms with Crippen molar-refractivity contribution in [2.24, 2.45) is 51.6 Å². The molecule has 46 N–H and O–H groups in total. The number of rotatable bonds is 42. The van der Waals surface area contributed by atoms with Crippen molar-refractivity contribution in [2.75, 3.05) is 78.5 Å². The summed E-state index contributed by atoms with van der Waals surface area (Å²) >= 11 is 0. The summed E-state index contributed by atoms with van der Waals surface area (Å²) in [6, 6.07) is -12.2. The van der Waals surface area contributed by atoms with E-state index in [1.807, 2.05) is 0 Å². The largest absolute Gasteiger partial charge is 0.508 e. The van der Waals surface area contributed by atoms with Crippen LogP contribution in [0.1, 0.15) is 38.2 Å². The number of likely N-dealkylation sites (tertiary alicyclic amines) is 2. The molecule has 0 aromatic heterocycles. The van der Waals surface area contributed by atoms with Crippen molar-refractivity contribution < 1.29 is 72.2 Å². The van der Waals surface area contributed by atoms with E-state index in [9.17, 15) is 72.2 Å². The van der Waals surface area contributed by atoms with E-state index in [0.717, 1.165) is 16.7 Å². The standard InChI is InChI=1S/C57H98N38O15/c1-23(96)85-26(12-24-6-8-25(97)9-7-24)40(101)76-21-37(98)75-22-38(99)86-28(14-78-51(61)62)41(102)88-30(16-80-53(65)66)44(105)92-33(19-83-56(71)72)48(109)95-11-3-5-36(95)47(108)91-32(18-82-55(69)70)45(106)93-34(20-84-57(73)74)49(110)94-10-2-4-35(94)46(107)90-31(17-81-54(67)68)43(104)89-29(15-79-52(63)64)42(103)87-27(39(58)100)13-77-50(59)60/h6-9,26-36,97H,2-5,10-22H2,1H3,(H2,58,100)(H,75,98)(H,76,101)(H,85,96)(H,86,99)(H,87,103)(H,88,102)(H,89,104)(H,90,107)(H,91,108)(H,92,105)(H,93,106)(H4,59,60,77)(H4,61,62,78)(H4,63,64,79)(H4,65,66,80)(H4,67,68,81)(H4,69,70,82)(H4,71,72,83)(H4,73,74,84)/t26-,27-,28-,29-,30-,31-,32-,33-,34-,35-,36-/m0/s1. The zero-order chi connectivity index (χ0) is 82.6. The number of carbonyl (C=O) groups is 14. The molecule has 0 bridgehead atoms. The molecular weight excluding hydrogens is 1460 g/mol. The molecule has 3 rings (SSSR count). The lowest BCUT2D eigenvalue weighted by atomic mass is 10.0. The van der Waals surface area contributed by atoms with Crippen molar-refractivity contribution >= 4 is 130 Å². The Labute approximate surface area is 626 Å². The van der Waals surface area contributed by atoms with Crippen LogP contribution in [0.4, 0.5) is 0 Å². The number of phenols is 1. The van der Waals surface area contributed by atoms with Crippen LogP contribution in [0.5, 0.6) is 5.75 Å². The van der Waals surface area contributed by atoms with Gasteiger partial charge < -0.3 is 168 Å². The predicted octanol–water partition coefficient (Wildman–Crippen LogP) is -18.1. The van der Waals surface area contributed by atoms with Gasteiger partial charge in [0.15, 0.2) is 47.7 Å². The molecule has 2 heterocycles. The summed E-state index contributed by atoms with van der Waals surface area (Å²) in [7, 11) is 0. The van der Waals surface area contributed by atoms with E-state index < -0.39 is 262 Å². The molecule has 1 aromatic rings. The zero-order valence-electron chi connectivity index (χ0n) is 59.4. The monoisotopic (exact) mass is 1550 g/mol. The Bertz CT molecular complexity index is 3620. The lowest BCUT2D eigenvalue weighted by Crippen LogP contribution is -2.64. The highest BCUT2D eigenvalue weighted by atomic mass is 16.3. The molecule has 14 amide bonds. The molecule has 606 valence electrons. The van der Waals surface area contributed by atoms with E-state index in [4.69, 9.17) is 94.9 Å². The molecule has 110 heavy (non-hydrogen) atoms. The molecule has 0 aliphatic carbocycles. The van der Waals surface area contributed by atoms with Crippen LogP contribution in [0.25, 0.3) is 0 Å². The van der Waals surface area contributed by atoms with Gasteiger partial charge in [0.25, 0.3) is 0 Å². The van der Waals surface area contributed by atoms with Gasteiger partial charge in [0.2, 0.25) is 82.7 Å². The van der Waals surface area contributed by atoms with E-state index in [-0.39, 0.29) is 50.9 Å². The number of benzene rings is 1. The summed E-state index contributed by atoms with van der Waals surface area (Å²) in [6.07, 6.45) is 0.00904. The van der Waals surface area contributed by atoms with Crippen LogP contribution >= 0.6 is 0 Å². The second kappa shape index (κ2) is 44.5. The first-order valence-electron chi connectivity index (χ1n) is 33.2. The van der Waals surface area contributed by atoms with E-state index >= 15 is 0 Å². The zero-order valence-corrected chi connectivity index (χ0v) is 59.4. The van der Waals surface area contributed by atoms with Crippen LogP contribution < -0.4 is 153 Å². The van der Waals surface area contributed by atoms with E-state index in [1.54, 1.807) is 0 Å². The minimum absolute atomic E-state index is 0.0355. The van der Waals surface area contributed by atoms with Crippen molar-refractivity contribution in [1.82, 2.24) is 111 Å². The quantitative estimate of drug-likeness (QED) is 0.0213. The summed E-state index contributed by atoms with van der Waals surface area (Å²) in [5, 5.41) is 116. The number of amides is 14. The van der Waals surface area contributed by atoms with Gasteiger partial charge in [-0.3, -0.25) is 110 Å². The predicted molar refractivity (Wildman–Crippen MR) is 389 cm³/mol. The van der Waals surface area contributed by atoms with Gasteiger partial charge in [-0.15, -0.1) is 0 Å². The number of nitrogens with two attached hydrogens (primary N) is 9. The third kappa shape index (κ3) is 32.4. The SMILES string of the molecule is CC(=O)N[C@@H](Cc1ccc(O)cc1)C(=O)NCC(=O)NCC(=O)N[C@@H](CNC(=N)N)C(=O)N[C@@H](CNC(=N)N)C(=O)N[C@@H](CNC(=N)N)C(=O)N1CCC[C@H]1C(=O)N[C@@H](CNC(=N)N)C(=O)N[C@@H](CNC(=N)N)C(=O)N1CCC[C@H]1C(=O)N[C@@H](CNC(=N)N)C(=O)N[C@@H](CNC(=N)N)C(=O)N[C@@H](CNC(=N)N)C(N)=O. The highest BCUT2D eigenvalue weighted by Crippen LogP contribution is 2.21. The van der Waals surface area contributed by atoms with Crippen LogP contribution in [-0.2, 0) is 73.5 Å². The smallest absolute Gasteiger partial charge is 0.247 e. The molecule has 1 aromatic carbocycles. The molecule has 0 saturated carbocycles. The number of guanidine groups is 8.